The summed E-state index contributed by atoms with van der Waals surface area (Å²) in [5.74, 6) is 0. The summed E-state index contributed by atoms with van der Waals surface area (Å²) in [5.41, 5.74) is 0.551. The van der Waals surface area contributed by atoms with Crippen molar-refractivity contribution >= 4 is 0 Å². The Morgan fingerprint density at radius 3 is 2.12 bits per heavy atom. The third-order valence-corrected chi connectivity index (χ3v) is 4.80. The topological polar surface area (TPSA) is 12.5 Å². The molecule has 3 aliphatic rings. The molecule has 2 aliphatic heterocycles. The molecular weight excluding hydrogens is 198 g/mol. The van der Waals surface area contributed by atoms with E-state index in [0.29, 0.717) is 11.5 Å². The molecule has 0 N–H and O–H groups in total. The van der Waals surface area contributed by atoms with Gasteiger partial charge in [-0.05, 0) is 52.4 Å². The molecule has 0 aromatic heterocycles. The first-order valence-electron chi connectivity index (χ1n) is 7.06. The number of nitrogens with zero attached hydrogens (tertiary/aromatic N) is 1. The maximum Gasteiger partial charge on any atom is 0.0538 e. The molecule has 0 unspecified atom stereocenters. The Hall–Kier alpha value is -0.0800. The summed E-state index contributed by atoms with van der Waals surface area (Å²) >= 11 is 0. The highest BCUT2D eigenvalue weighted by molar-refractivity contribution is 5.02. The smallest absolute Gasteiger partial charge is 0.0538 e. The quantitative estimate of drug-likeness (QED) is 0.710. The Kier molecular flexibility index (Phi) is 2.75. The van der Waals surface area contributed by atoms with E-state index in [0.717, 1.165) is 18.7 Å². The Labute approximate surface area is 99.3 Å². The minimum absolute atomic E-state index is 0.396. The summed E-state index contributed by atoms with van der Waals surface area (Å²) in [5, 5.41) is 0. The van der Waals surface area contributed by atoms with Gasteiger partial charge >= 0.3 is 0 Å². The van der Waals surface area contributed by atoms with Crippen LogP contribution in [0.5, 0.6) is 0 Å². The first-order valence-corrected chi connectivity index (χ1v) is 7.06. The van der Waals surface area contributed by atoms with Crippen molar-refractivity contribution in [1.29, 1.82) is 0 Å². The molecule has 3 rings (SSSR count). The predicted octanol–water partition coefficient (Wildman–Crippen LogP) is 2.82. The molecule has 2 heteroatoms. The molecule has 2 nitrogen and oxygen atoms in total. The molecule has 3 fully saturated rings. The molecule has 0 aromatic carbocycles. The van der Waals surface area contributed by atoms with Crippen molar-refractivity contribution in [3.8, 4) is 0 Å². The lowest BCUT2D eigenvalue weighted by atomic mass is 10.0. The van der Waals surface area contributed by atoms with Crippen molar-refractivity contribution in [3.05, 3.63) is 0 Å². The van der Waals surface area contributed by atoms with Crippen LogP contribution in [0.2, 0.25) is 0 Å². The fourth-order valence-electron chi connectivity index (χ4n) is 3.53. The van der Waals surface area contributed by atoms with Crippen molar-refractivity contribution < 1.29 is 4.74 Å². The molecule has 2 saturated heterocycles. The zero-order chi connectivity index (χ0) is 11.2. The molecular formula is C14H25NO. The molecule has 0 atom stereocenters. The highest BCUT2D eigenvalue weighted by Crippen LogP contribution is 2.50. The van der Waals surface area contributed by atoms with Crippen LogP contribution in [0.15, 0.2) is 0 Å². The average molecular weight is 223 g/mol. The van der Waals surface area contributed by atoms with E-state index < -0.39 is 0 Å². The van der Waals surface area contributed by atoms with Crippen molar-refractivity contribution in [3.63, 3.8) is 0 Å². The van der Waals surface area contributed by atoms with E-state index in [4.69, 9.17) is 4.74 Å². The zero-order valence-corrected chi connectivity index (χ0v) is 10.7. The summed E-state index contributed by atoms with van der Waals surface area (Å²) in [7, 11) is 0. The summed E-state index contributed by atoms with van der Waals surface area (Å²) in [4.78, 5) is 2.82. The monoisotopic (exact) mass is 223 g/mol. The van der Waals surface area contributed by atoms with Crippen LogP contribution >= 0.6 is 0 Å². The molecule has 2 heterocycles. The molecule has 1 aliphatic carbocycles. The predicted molar refractivity (Wildman–Crippen MR) is 65.5 cm³/mol. The fourth-order valence-corrected chi connectivity index (χ4v) is 3.53. The minimum atomic E-state index is 0.396. The van der Waals surface area contributed by atoms with Gasteiger partial charge in [0.25, 0.3) is 0 Å². The molecule has 0 amide bonds. The van der Waals surface area contributed by atoms with Crippen LogP contribution in [0.1, 0.15) is 52.4 Å². The highest BCUT2D eigenvalue weighted by atomic mass is 16.5. The third-order valence-electron chi connectivity index (χ3n) is 4.80. The summed E-state index contributed by atoms with van der Waals surface area (Å²) in [6, 6.07) is 1.86. The van der Waals surface area contributed by atoms with Crippen LogP contribution in [0.3, 0.4) is 0 Å². The summed E-state index contributed by atoms with van der Waals surface area (Å²) in [6.45, 7) is 6.63. The Morgan fingerprint density at radius 1 is 1.12 bits per heavy atom. The lowest BCUT2D eigenvalue weighted by Gasteiger charge is -2.28. The summed E-state index contributed by atoms with van der Waals surface area (Å²) in [6.07, 6.45) is 9.05. The second kappa shape index (κ2) is 3.99. The van der Waals surface area contributed by atoms with Gasteiger partial charge in [-0.15, -0.1) is 0 Å². The molecule has 0 radical (unpaired) electrons. The highest BCUT2D eigenvalue weighted by Gasteiger charge is 2.49. The minimum Gasteiger partial charge on any atom is -0.378 e. The van der Waals surface area contributed by atoms with Gasteiger partial charge in [0.05, 0.1) is 12.7 Å². The molecule has 0 aromatic rings. The number of hydrogen-bond acceptors (Lipinski definition) is 2. The van der Waals surface area contributed by atoms with Gasteiger partial charge in [-0.2, -0.15) is 0 Å². The lowest BCUT2D eigenvalue weighted by molar-refractivity contribution is 0.0288. The van der Waals surface area contributed by atoms with Gasteiger partial charge in [0.1, 0.15) is 0 Å². The lowest BCUT2D eigenvalue weighted by Crippen LogP contribution is -2.36. The number of rotatable bonds is 5. The number of hydrogen-bond donors (Lipinski definition) is 0. The van der Waals surface area contributed by atoms with E-state index in [1.807, 2.05) is 0 Å². The van der Waals surface area contributed by atoms with Gasteiger partial charge in [0, 0.05) is 24.0 Å². The van der Waals surface area contributed by atoms with Gasteiger partial charge in [-0.25, -0.2) is 0 Å². The van der Waals surface area contributed by atoms with Gasteiger partial charge < -0.3 is 4.74 Å². The van der Waals surface area contributed by atoms with Crippen molar-refractivity contribution in [2.45, 2.75) is 70.6 Å². The first kappa shape index (κ1) is 11.0. The Morgan fingerprint density at radius 2 is 1.69 bits per heavy atom. The fraction of sp³-hybridized carbons (Fsp3) is 1.00. The van der Waals surface area contributed by atoms with Crippen LogP contribution in [-0.4, -0.2) is 36.2 Å². The average Bonchev–Trinajstić information content (AvgIpc) is 2.83. The molecule has 92 valence electrons. The van der Waals surface area contributed by atoms with Crippen LogP contribution < -0.4 is 0 Å². The van der Waals surface area contributed by atoms with E-state index in [-0.39, 0.29) is 0 Å². The van der Waals surface area contributed by atoms with Gasteiger partial charge in [0.15, 0.2) is 0 Å². The van der Waals surface area contributed by atoms with Gasteiger partial charge in [-0.3, -0.25) is 4.90 Å². The van der Waals surface area contributed by atoms with Crippen LogP contribution in [0, 0.1) is 5.41 Å². The second-order valence-corrected chi connectivity index (χ2v) is 6.49. The molecule has 0 spiro atoms. The molecule has 2 bridgehead atoms. The van der Waals surface area contributed by atoms with E-state index in [1.165, 1.54) is 45.1 Å². The van der Waals surface area contributed by atoms with Crippen molar-refractivity contribution in [1.82, 2.24) is 4.90 Å². The number of fused-ring (bicyclic) bond motifs is 2. The Bertz CT molecular complexity index is 239. The second-order valence-electron chi connectivity index (χ2n) is 6.49. The van der Waals surface area contributed by atoms with Gasteiger partial charge in [0.2, 0.25) is 0 Å². The number of ether oxygens (including phenoxy) is 1. The summed E-state index contributed by atoms with van der Waals surface area (Å²) < 4.78 is 5.84. The van der Waals surface area contributed by atoms with Crippen molar-refractivity contribution in [2.24, 2.45) is 5.41 Å². The third kappa shape index (κ3) is 2.02. The maximum atomic E-state index is 5.84. The van der Waals surface area contributed by atoms with E-state index in [1.54, 1.807) is 0 Å². The van der Waals surface area contributed by atoms with Gasteiger partial charge in [-0.1, -0.05) is 0 Å². The van der Waals surface area contributed by atoms with Crippen LogP contribution in [0.25, 0.3) is 0 Å². The van der Waals surface area contributed by atoms with E-state index in [2.05, 4.69) is 18.7 Å². The SMILES string of the molecule is CC(C)OCC1(CN2C3CCC2CC3)CC1. The molecule has 16 heavy (non-hydrogen) atoms. The van der Waals surface area contributed by atoms with Crippen LogP contribution in [0.4, 0.5) is 0 Å². The van der Waals surface area contributed by atoms with E-state index >= 15 is 0 Å². The standard InChI is InChI=1S/C14H25NO/c1-11(2)16-10-14(7-8-14)9-15-12-3-4-13(15)6-5-12/h11-13H,3-10H2,1-2H3. The molecule has 1 saturated carbocycles. The van der Waals surface area contributed by atoms with Crippen LogP contribution in [-0.2, 0) is 4.74 Å². The van der Waals surface area contributed by atoms with E-state index in [9.17, 15) is 0 Å². The Balaban J connectivity index is 1.54. The zero-order valence-electron chi connectivity index (χ0n) is 10.7. The van der Waals surface area contributed by atoms with Crippen molar-refractivity contribution in [2.75, 3.05) is 13.2 Å². The largest absolute Gasteiger partial charge is 0.378 e. The first-order chi connectivity index (χ1) is 7.69. The maximum absolute atomic E-state index is 5.84. The normalized spacial score (nSPS) is 36.2.